The molecule has 2 aliphatic rings. The number of piperidine rings is 2. The van der Waals surface area contributed by atoms with Crippen molar-refractivity contribution in [2.24, 2.45) is 0 Å². The number of nitrogens with zero attached hydrogens (tertiary/aromatic N) is 11. The van der Waals surface area contributed by atoms with Crippen LogP contribution in [-0.4, -0.2) is 125 Å². The number of anilines is 2. The van der Waals surface area contributed by atoms with Crippen LogP contribution in [0.2, 0.25) is 0 Å². The number of carbonyl (C=O) groups excluding carboxylic acids is 2. The number of nitrogens with one attached hydrogen (secondary N) is 3. The third-order valence-electron chi connectivity index (χ3n) is 16.6. The van der Waals surface area contributed by atoms with Crippen molar-refractivity contribution in [2.75, 3.05) is 58.1 Å². The lowest BCUT2D eigenvalue weighted by Crippen LogP contribution is -2.38. The topological polar surface area (TPSA) is 260 Å². The van der Waals surface area contributed by atoms with Crippen molar-refractivity contribution in [1.82, 2.24) is 59.3 Å². The zero-order valence-corrected chi connectivity index (χ0v) is 54.6. The molecule has 0 aliphatic carbocycles. The number of hydrogen-bond acceptors (Lipinski definition) is 18. The van der Waals surface area contributed by atoms with Crippen LogP contribution >= 0.6 is 0 Å². The molecule has 6 aromatic heterocycles. The highest BCUT2D eigenvalue weighted by molar-refractivity contribution is 6.04. The molecule has 2 aliphatic heterocycles. The fourth-order valence-corrected chi connectivity index (χ4v) is 11.5. The number of hydrogen-bond donors (Lipinski definition) is 3. The van der Waals surface area contributed by atoms with E-state index in [1.807, 2.05) is 55.6 Å². The van der Waals surface area contributed by atoms with E-state index >= 15 is 8.78 Å². The number of amides is 2. The van der Waals surface area contributed by atoms with E-state index in [2.05, 4.69) is 41.0 Å². The smallest absolute Gasteiger partial charge is 0.284 e. The molecule has 0 spiro atoms. The normalized spacial score (nSPS) is 14.5. The largest absolute Gasteiger partial charge is 0.497 e. The van der Waals surface area contributed by atoms with Crippen molar-refractivity contribution in [3.8, 4) is 57.6 Å². The van der Waals surface area contributed by atoms with Crippen LogP contribution in [0.15, 0.2) is 192 Å². The van der Waals surface area contributed by atoms with E-state index < -0.39 is 46.2 Å². The lowest BCUT2D eigenvalue weighted by atomic mass is 10.1. The van der Waals surface area contributed by atoms with Crippen molar-refractivity contribution in [3.05, 3.63) is 249 Å². The molecule has 24 nitrogen and oxygen atoms in total. The molecule has 3 N–H and O–H groups in total. The molecule has 0 unspecified atom stereocenters. The summed E-state index contributed by atoms with van der Waals surface area (Å²) < 4.78 is 98.9. The number of rotatable bonds is 20. The first-order valence-corrected chi connectivity index (χ1v) is 32.1. The highest BCUT2D eigenvalue weighted by Gasteiger charge is 2.28. The highest BCUT2D eigenvalue weighted by Crippen LogP contribution is 2.40. The highest BCUT2D eigenvalue weighted by atomic mass is 19.1. The molecular weight excluding hydrogens is 1310 g/mol. The SMILES string of the molecule is COc1ccc(Cn2nc(O[C@H]3CCCN(C)C3)c3c(Oc4ccc(NC(=O)c5ccnn(-c6ccc(F)cc6)c5=O)cc4F)ccnc32)cc1.COc1ccc(Cn2nc(O[C@H]3CCCNC3)c3c(Oc4ccc(NC(=O)c5ccnn(-c6ccc(F)cc6)c5=O)cc4F)ccnc32)cc1. The van der Waals surface area contributed by atoms with E-state index in [0.29, 0.717) is 53.5 Å². The van der Waals surface area contributed by atoms with E-state index in [1.165, 1.54) is 97.3 Å². The van der Waals surface area contributed by atoms with Crippen molar-refractivity contribution >= 4 is 45.3 Å². The Hall–Kier alpha value is -12.3. The molecule has 6 aromatic carbocycles. The average molecular weight is 1370 g/mol. The van der Waals surface area contributed by atoms with E-state index in [9.17, 15) is 28.0 Å². The molecular formula is C73H64F4N14O10. The minimum absolute atomic E-state index is 0.0883. The van der Waals surface area contributed by atoms with Gasteiger partial charge in [0, 0.05) is 73.5 Å². The second-order valence-corrected chi connectivity index (χ2v) is 23.6. The lowest BCUT2D eigenvalue weighted by Gasteiger charge is -2.29. The van der Waals surface area contributed by atoms with Crippen LogP contribution in [0.4, 0.5) is 28.9 Å². The molecule has 0 bridgehead atoms. The van der Waals surface area contributed by atoms with Gasteiger partial charge in [0.05, 0.1) is 38.7 Å². The molecule has 0 saturated carbocycles. The Morgan fingerprint density at radius 3 is 1.42 bits per heavy atom. The van der Waals surface area contributed by atoms with Gasteiger partial charge in [-0.3, -0.25) is 19.2 Å². The Balaban J connectivity index is 0.000000181. The number of halogens is 4. The fourth-order valence-electron chi connectivity index (χ4n) is 11.5. The fraction of sp³-hybridized carbons (Fsp3) is 0.205. The summed E-state index contributed by atoms with van der Waals surface area (Å²) in [6.07, 6.45) is 9.06. The van der Waals surface area contributed by atoms with Crippen LogP contribution in [0.1, 0.15) is 57.5 Å². The standard InChI is InChI=1S/C37H33F2N7O5.C36H31F2N7O5/c1-44-19-3-4-28(22-44)50-36-33-32(16-17-40-34(33)45(43-36)21-23-5-12-27(49-2)13-6-23)51-31-14-9-25(20-30(31)39)42-35(47)29-15-18-41-46(37(29)48)26-10-7-24(38)8-11-26;1-48-26-11-4-22(5-12-26)21-44-33-32(35(43-44)49-27-3-2-16-39-20-27)31(15-17-40-33)50-30-13-8-24(19-29(30)38)42-34(46)28-14-18-41-45(36(28)47)25-9-6-23(37)7-10-25/h5-18,20,28H,3-4,19,21-22H2,1-2H3,(H,42,47);4-15,17-19,27,39H,2-3,16,20-21H2,1H3,(H,42,46)/t28-;27-/m00/s1. The Labute approximate surface area is 573 Å². The first-order valence-electron chi connectivity index (χ1n) is 32.1. The van der Waals surface area contributed by atoms with Crippen LogP contribution in [0.25, 0.3) is 33.4 Å². The van der Waals surface area contributed by atoms with Crippen molar-refractivity contribution in [1.29, 1.82) is 0 Å². The van der Waals surface area contributed by atoms with E-state index in [1.54, 1.807) is 48.1 Å². The van der Waals surface area contributed by atoms with Crippen molar-refractivity contribution in [3.63, 3.8) is 0 Å². The van der Waals surface area contributed by atoms with Gasteiger partial charge in [0.2, 0.25) is 11.8 Å². The first-order chi connectivity index (χ1) is 49.1. The van der Waals surface area contributed by atoms with Gasteiger partial charge in [-0.1, -0.05) is 24.3 Å². The number of ether oxygens (including phenoxy) is 6. The van der Waals surface area contributed by atoms with E-state index in [-0.39, 0.29) is 69.1 Å². The van der Waals surface area contributed by atoms with Crippen LogP contribution < -0.4 is 55.5 Å². The number of methoxy groups -OCH3 is 2. The molecule has 2 amide bonds. The van der Waals surface area contributed by atoms with Crippen LogP contribution in [-0.2, 0) is 13.1 Å². The number of fused-ring (bicyclic) bond motifs is 2. The quantitative estimate of drug-likeness (QED) is 0.0599. The molecule has 14 rings (SSSR count). The second kappa shape index (κ2) is 30.2. The number of likely N-dealkylation sites (tertiary alicyclic amines) is 1. The third-order valence-corrected chi connectivity index (χ3v) is 16.6. The number of likely N-dealkylation sites (N-methyl/N-ethyl adjacent to an activating group) is 1. The average Bonchev–Trinajstić information content (AvgIpc) is 1.66. The summed E-state index contributed by atoms with van der Waals surface area (Å²) >= 11 is 0. The lowest BCUT2D eigenvalue weighted by molar-refractivity contribution is 0.100. The Bertz CT molecular complexity index is 5110. The molecule has 101 heavy (non-hydrogen) atoms. The number of pyridine rings is 2. The summed E-state index contributed by atoms with van der Waals surface area (Å²) in [5, 5.41) is 26.9. The maximum atomic E-state index is 15.6. The van der Waals surface area contributed by atoms with E-state index in [4.69, 9.17) is 38.6 Å². The molecule has 28 heteroatoms. The summed E-state index contributed by atoms with van der Waals surface area (Å²) in [5.74, 6) is -1.61. The van der Waals surface area contributed by atoms with Gasteiger partial charge >= 0.3 is 0 Å². The maximum Gasteiger partial charge on any atom is 0.284 e. The van der Waals surface area contributed by atoms with Gasteiger partial charge in [-0.05, 0) is 166 Å². The van der Waals surface area contributed by atoms with Crippen molar-refractivity contribution < 1.29 is 55.6 Å². The minimum atomic E-state index is -0.777. The maximum absolute atomic E-state index is 15.6. The monoisotopic (exact) mass is 1370 g/mol. The first kappa shape index (κ1) is 67.3. The van der Waals surface area contributed by atoms with Crippen LogP contribution in [0.5, 0.6) is 46.3 Å². The zero-order valence-electron chi connectivity index (χ0n) is 54.6. The molecule has 514 valence electrons. The predicted octanol–water partition coefficient (Wildman–Crippen LogP) is 11.3. The zero-order chi connectivity index (χ0) is 70.1. The number of aromatic nitrogens is 10. The summed E-state index contributed by atoms with van der Waals surface area (Å²) in [6, 6.07) is 38.9. The molecule has 12 aromatic rings. The van der Waals surface area contributed by atoms with Crippen molar-refractivity contribution in [2.45, 2.75) is 51.0 Å². The third kappa shape index (κ3) is 15.5. The predicted molar refractivity (Wildman–Crippen MR) is 365 cm³/mol. The molecule has 2 fully saturated rings. The number of benzene rings is 6. The summed E-state index contributed by atoms with van der Waals surface area (Å²) in [5.41, 5.74) is 1.70. The van der Waals surface area contributed by atoms with Crippen LogP contribution in [0.3, 0.4) is 0 Å². The van der Waals surface area contributed by atoms with Gasteiger partial charge < -0.3 is 49.3 Å². The molecule has 2 saturated heterocycles. The Kier molecular flexibility index (Phi) is 20.1. The molecule has 2 atom stereocenters. The summed E-state index contributed by atoms with van der Waals surface area (Å²) in [4.78, 5) is 63.6. The summed E-state index contributed by atoms with van der Waals surface area (Å²) in [7, 11) is 5.26. The minimum Gasteiger partial charge on any atom is -0.497 e. The molecule has 8 heterocycles. The van der Waals surface area contributed by atoms with Gasteiger partial charge in [-0.15, -0.1) is 10.2 Å². The second-order valence-electron chi connectivity index (χ2n) is 23.6. The van der Waals surface area contributed by atoms with Gasteiger partial charge in [0.15, 0.2) is 34.4 Å². The van der Waals surface area contributed by atoms with E-state index in [0.717, 1.165) is 89.4 Å². The van der Waals surface area contributed by atoms with Gasteiger partial charge in [0.25, 0.3) is 22.9 Å². The van der Waals surface area contributed by atoms with Gasteiger partial charge in [-0.25, -0.2) is 36.9 Å². The molecule has 0 radical (unpaired) electrons. The van der Waals surface area contributed by atoms with Gasteiger partial charge in [0.1, 0.15) is 68.7 Å². The summed E-state index contributed by atoms with van der Waals surface area (Å²) in [6.45, 7) is 4.05. The Morgan fingerprint density at radius 2 is 0.990 bits per heavy atom. The number of carbonyl (C=O) groups is 2. The van der Waals surface area contributed by atoms with Gasteiger partial charge in [-0.2, -0.15) is 19.6 Å². The Morgan fingerprint density at radius 1 is 0.535 bits per heavy atom. The van der Waals surface area contributed by atoms with Crippen LogP contribution in [0, 0.1) is 23.3 Å².